The summed E-state index contributed by atoms with van der Waals surface area (Å²) in [6, 6.07) is 5.47. The van der Waals surface area contributed by atoms with Gasteiger partial charge in [-0.25, -0.2) is 8.42 Å². The summed E-state index contributed by atoms with van der Waals surface area (Å²) in [5.41, 5.74) is 0.788. The number of sulfone groups is 1. The Bertz CT molecular complexity index is 666. The van der Waals surface area contributed by atoms with Gasteiger partial charge in [-0.2, -0.15) is 0 Å². The molecule has 1 aromatic carbocycles. The highest BCUT2D eigenvalue weighted by Crippen LogP contribution is 2.17. The normalized spacial score (nSPS) is 14.2. The number of hydrogen-bond acceptors (Lipinski definition) is 4. The molecule has 0 fully saturated rings. The first kappa shape index (κ1) is 19.2. The van der Waals surface area contributed by atoms with Gasteiger partial charge in [0.2, 0.25) is 11.8 Å². The maximum Gasteiger partial charge on any atom is 0.243 e. The van der Waals surface area contributed by atoms with E-state index in [-0.39, 0.29) is 28.7 Å². The predicted molar refractivity (Wildman–Crippen MR) is 88.6 cm³/mol. The highest BCUT2D eigenvalue weighted by Gasteiger charge is 2.24. The van der Waals surface area contributed by atoms with E-state index in [2.05, 4.69) is 10.6 Å². The van der Waals surface area contributed by atoms with Gasteiger partial charge in [0.25, 0.3) is 0 Å². The number of amides is 2. The average molecular weight is 340 g/mol. The van der Waals surface area contributed by atoms with E-state index >= 15 is 0 Å². The largest absolute Gasteiger partial charge is 0.348 e. The molecule has 0 bridgehead atoms. The third kappa shape index (κ3) is 5.67. The highest BCUT2D eigenvalue weighted by atomic mass is 32.2. The second-order valence-electron chi connectivity index (χ2n) is 5.99. The zero-order valence-corrected chi connectivity index (χ0v) is 14.9. The fourth-order valence-corrected chi connectivity index (χ4v) is 2.77. The summed E-state index contributed by atoms with van der Waals surface area (Å²) < 4.78 is 22.9. The molecule has 0 aromatic heterocycles. The van der Waals surface area contributed by atoms with E-state index in [1.165, 1.54) is 19.1 Å². The zero-order chi connectivity index (χ0) is 17.8. The zero-order valence-electron chi connectivity index (χ0n) is 14.1. The number of carbonyl (C=O) groups excluding carboxylic acids is 2. The average Bonchev–Trinajstić information content (AvgIpc) is 2.43. The van der Waals surface area contributed by atoms with Crippen molar-refractivity contribution < 1.29 is 18.0 Å². The summed E-state index contributed by atoms with van der Waals surface area (Å²) in [6.45, 7) is 6.88. The lowest BCUT2D eigenvalue weighted by atomic mass is 10.0. The van der Waals surface area contributed by atoms with Gasteiger partial charge in [-0.3, -0.25) is 9.59 Å². The van der Waals surface area contributed by atoms with Crippen LogP contribution in [0.2, 0.25) is 0 Å². The predicted octanol–water partition coefficient (Wildman–Crippen LogP) is 1.43. The molecule has 1 rings (SSSR count). The van der Waals surface area contributed by atoms with Crippen LogP contribution in [0.1, 0.15) is 39.3 Å². The van der Waals surface area contributed by atoms with Crippen molar-refractivity contribution in [3.63, 3.8) is 0 Å². The molecule has 0 aliphatic carbocycles. The van der Waals surface area contributed by atoms with Crippen molar-refractivity contribution in [3.05, 3.63) is 29.8 Å². The number of rotatable bonds is 6. The van der Waals surface area contributed by atoms with E-state index in [0.29, 0.717) is 0 Å². The van der Waals surface area contributed by atoms with Gasteiger partial charge in [-0.1, -0.05) is 26.0 Å². The molecule has 7 heteroatoms. The minimum absolute atomic E-state index is 0.0429. The van der Waals surface area contributed by atoms with Crippen molar-refractivity contribution in [2.24, 2.45) is 5.92 Å². The molecule has 0 radical (unpaired) electrons. The van der Waals surface area contributed by atoms with Gasteiger partial charge in [0, 0.05) is 13.2 Å². The van der Waals surface area contributed by atoms with E-state index in [1.54, 1.807) is 19.1 Å². The summed E-state index contributed by atoms with van der Waals surface area (Å²) in [7, 11) is -3.24. The third-order valence-electron chi connectivity index (χ3n) is 3.47. The quantitative estimate of drug-likeness (QED) is 0.819. The van der Waals surface area contributed by atoms with Crippen LogP contribution in [0.3, 0.4) is 0 Å². The van der Waals surface area contributed by atoms with Crippen molar-refractivity contribution in [2.45, 2.75) is 44.7 Å². The standard InChI is InChI=1S/C16H24N2O4S/c1-10(2)15(18-12(4)19)16(20)17-11(3)13-6-8-14(9-7-13)23(5,21)22/h6-11,15H,1-5H3,(H,17,20)(H,18,19)/t11-,15+/m1/s1. The topological polar surface area (TPSA) is 92.3 Å². The first-order valence-corrected chi connectivity index (χ1v) is 9.29. The van der Waals surface area contributed by atoms with E-state index in [0.717, 1.165) is 11.8 Å². The van der Waals surface area contributed by atoms with Crippen LogP contribution in [0, 0.1) is 5.92 Å². The maximum atomic E-state index is 12.3. The van der Waals surface area contributed by atoms with Crippen molar-refractivity contribution in [1.82, 2.24) is 10.6 Å². The smallest absolute Gasteiger partial charge is 0.243 e. The minimum Gasteiger partial charge on any atom is -0.348 e. The lowest BCUT2D eigenvalue weighted by Crippen LogP contribution is -2.49. The molecule has 6 nitrogen and oxygen atoms in total. The molecular weight excluding hydrogens is 316 g/mol. The second-order valence-corrected chi connectivity index (χ2v) is 8.01. The Labute approximate surface area is 137 Å². The molecule has 0 heterocycles. The summed E-state index contributed by atoms with van der Waals surface area (Å²) in [4.78, 5) is 23.7. The van der Waals surface area contributed by atoms with Gasteiger partial charge in [-0.15, -0.1) is 0 Å². The van der Waals surface area contributed by atoms with Gasteiger partial charge in [0.15, 0.2) is 9.84 Å². The first-order valence-electron chi connectivity index (χ1n) is 7.40. The Kier molecular flexibility index (Phi) is 6.32. The number of benzene rings is 1. The summed E-state index contributed by atoms with van der Waals surface area (Å²) in [6.07, 6.45) is 1.15. The van der Waals surface area contributed by atoms with E-state index in [4.69, 9.17) is 0 Å². The molecule has 23 heavy (non-hydrogen) atoms. The van der Waals surface area contributed by atoms with Crippen molar-refractivity contribution in [3.8, 4) is 0 Å². The van der Waals surface area contributed by atoms with Crippen LogP contribution in [0.4, 0.5) is 0 Å². The first-order chi connectivity index (χ1) is 10.5. The van der Waals surface area contributed by atoms with Crippen LogP contribution in [0.15, 0.2) is 29.2 Å². The fourth-order valence-electron chi connectivity index (χ4n) is 2.14. The Hall–Kier alpha value is -1.89. The van der Waals surface area contributed by atoms with Crippen molar-refractivity contribution in [1.29, 1.82) is 0 Å². The molecule has 2 N–H and O–H groups in total. The molecule has 0 aliphatic heterocycles. The van der Waals surface area contributed by atoms with Crippen LogP contribution >= 0.6 is 0 Å². The molecular formula is C16H24N2O4S. The minimum atomic E-state index is -3.24. The van der Waals surface area contributed by atoms with Crippen LogP contribution < -0.4 is 10.6 Å². The van der Waals surface area contributed by atoms with Crippen LogP contribution in [0.25, 0.3) is 0 Å². The lowest BCUT2D eigenvalue weighted by Gasteiger charge is -2.23. The van der Waals surface area contributed by atoms with Crippen molar-refractivity contribution >= 4 is 21.7 Å². The van der Waals surface area contributed by atoms with Gasteiger partial charge in [0.05, 0.1) is 10.9 Å². The Balaban J connectivity index is 2.83. The van der Waals surface area contributed by atoms with Gasteiger partial charge < -0.3 is 10.6 Å². The Morgan fingerprint density at radius 2 is 1.52 bits per heavy atom. The van der Waals surface area contributed by atoms with Crippen LogP contribution in [-0.4, -0.2) is 32.5 Å². The second kappa shape index (κ2) is 7.59. The summed E-state index contributed by atoms with van der Waals surface area (Å²) >= 11 is 0. The van der Waals surface area contributed by atoms with E-state index < -0.39 is 15.9 Å². The third-order valence-corrected chi connectivity index (χ3v) is 4.60. The van der Waals surface area contributed by atoms with Gasteiger partial charge in [0.1, 0.15) is 6.04 Å². The summed E-state index contributed by atoms with van der Waals surface area (Å²) in [5.74, 6) is -0.572. The van der Waals surface area contributed by atoms with Crippen molar-refractivity contribution in [2.75, 3.05) is 6.26 Å². The molecule has 0 saturated heterocycles. The number of nitrogens with one attached hydrogen (secondary N) is 2. The van der Waals surface area contributed by atoms with E-state index in [1.807, 2.05) is 13.8 Å². The molecule has 1 aromatic rings. The molecule has 2 amide bonds. The van der Waals surface area contributed by atoms with Crippen LogP contribution in [-0.2, 0) is 19.4 Å². The Morgan fingerprint density at radius 1 is 1.00 bits per heavy atom. The van der Waals surface area contributed by atoms with Crippen LogP contribution in [0.5, 0.6) is 0 Å². The SMILES string of the molecule is CC(=O)N[C@H](C(=O)N[C@H](C)c1ccc(S(C)(=O)=O)cc1)C(C)C. The number of hydrogen-bond donors (Lipinski definition) is 2. The highest BCUT2D eigenvalue weighted by molar-refractivity contribution is 7.90. The van der Waals surface area contributed by atoms with Gasteiger partial charge >= 0.3 is 0 Å². The van der Waals surface area contributed by atoms with Gasteiger partial charge in [-0.05, 0) is 30.5 Å². The molecule has 0 saturated carbocycles. The molecule has 0 spiro atoms. The number of carbonyl (C=O) groups is 2. The molecule has 0 unspecified atom stereocenters. The Morgan fingerprint density at radius 3 is 1.91 bits per heavy atom. The maximum absolute atomic E-state index is 12.3. The monoisotopic (exact) mass is 340 g/mol. The fraction of sp³-hybridized carbons (Fsp3) is 0.500. The van der Waals surface area contributed by atoms with E-state index in [9.17, 15) is 18.0 Å². The lowest BCUT2D eigenvalue weighted by molar-refractivity contribution is -0.129. The molecule has 128 valence electrons. The summed E-state index contributed by atoms with van der Waals surface area (Å²) in [5, 5.41) is 5.47. The molecule has 0 aliphatic rings. The molecule has 2 atom stereocenters.